The highest BCUT2D eigenvalue weighted by Crippen LogP contribution is 2.30. The first-order chi connectivity index (χ1) is 19.4. The predicted molar refractivity (Wildman–Crippen MR) is 179 cm³/mol. The van der Waals surface area contributed by atoms with E-state index in [-0.39, 0.29) is 18.3 Å². The summed E-state index contributed by atoms with van der Waals surface area (Å²) in [6.45, 7) is 14.8. The summed E-state index contributed by atoms with van der Waals surface area (Å²) in [6, 6.07) is 0.941. The van der Waals surface area contributed by atoms with Crippen molar-refractivity contribution in [2.45, 2.75) is 207 Å². The van der Waals surface area contributed by atoms with Gasteiger partial charge in [0.05, 0.1) is 0 Å². The van der Waals surface area contributed by atoms with Gasteiger partial charge in [0.15, 0.2) is 0 Å². The zero-order chi connectivity index (χ0) is 29.9. The molecule has 0 amide bonds. The van der Waals surface area contributed by atoms with Crippen LogP contribution < -0.4 is 0 Å². The maximum absolute atomic E-state index is 7.21. The highest BCUT2D eigenvalue weighted by Gasteiger charge is 2.46. The van der Waals surface area contributed by atoms with E-state index >= 15 is 0 Å². The van der Waals surface area contributed by atoms with Crippen LogP contribution >= 0.6 is 0 Å². The third kappa shape index (κ3) is 21.7. The Morgan fingerprint density at radius 2 is 0.775 bits per heavy atom. The van der Waals surface area contributed by atoms with Crippen LogP contribution in [0.1, 0.15) is 183 Å². The Balaban J connectivity index is 5.76. The average Bonchev–Trinajstić information content (AvgIpc) is 2.94. The molecule has 0 aromatic rings. The Labute approximate surface area is 254 Å². The molecular formula is C35H75NO3Si. The molecule has 0 aliphatic rings. The van der Waals surface area contributed by atoms with Crippen molar-refractivity contribution in [3.05, 3.63) is 0 Å². The SMILES string of the molecule is CCCCCCCC(CC)O[Si](CCCN(C)C)(OC(CC)CCCCCCC)OC(CC)CCCCCCC. The number of hydrogen-bond donors (Lipinski definition) is 0. The van der Waals surface area contributed by atoms with Gasteiger partial charge in [0.2, 0.25) is 0 Å². The molecule has 0 aromatic heterocycles. The van der Waals surface area contributed by atoms with E-state index in [0.717, 1.165) is 57.5 Å². The molecular weight excluding hydrogens is 510 g/mol. The van der Waals surface area contributed by atoms with Gasteiger partial charge in [0.25, 0.3) is 0 Å². The van der Waals surface area contributed by atoms with E-state index < -0.39 is 8.80 Å². The molecule has 0 bridgehead atoms. The molecule has 0 saturated heterocycles. The first-order valence-corrected chi connectivity index (χ1v) is 20.0. The summed E-state index contributed by atoms with van der Waals surface area (Å²) in [4.78, 5) is 2.29. The van der Waals surface area contributed by atoms with Crippen molar-refractivity contribution in [1.82, 2.24) is 4.90 Å². The van der Waals surface area contributed by atoms with Gasteiger partial charge in [-0.2, -0.15) is 0 Å². The topological polar surface area (TPSA) is 30.9 Å². The van der Waals surface area contributed by atoms with E-state index in [1.807, 2.05) is 0 Å². The van der Waals surface area contributed by atoms with Crippen LogP contribution in [0.3, 0.4) is 0 Å². The van der Waals surface area contributed by atoms with Crippen LogP contribution in [0.15, 0.2) is 0 Å². The van der Waals surface area contributed by atoms with Crippen molar-refractivity contribution in [1.29, 1.82) is 0 Å². The lowest BCUT2D eigenvalue weighted by Crippen LogP contribution is -2.53. The maximum atomic E-state index is 7.21. The Morgan fingerprint density at radius 1 is 0.450 bits per heavy atom. The van der Waals surface area contributed by atoms with Crippen molar-refractivity contribution in [3.8, 4) is 0 Å². The van der Waals surface area contributed by atoms with E-state index in [0.29, 0.717) is 0 Å². The Hall–Kier alpha value is 0.0569. The molecule has 3 atom stereocenters. The molecule has 0 rings (SSSR count). The fourth-order valence-corrected chi connectivity index (χ4v) is 9.09. The first kappa shape index (κ1) is 40.1. The molecule has 5 heteroatoms. The molecule has 3 unspecified atom stereocenters. The summed E-state index contributed by atoms with van der Waals surface area (Å²) < 4.78 is 21.6. The van der Waals surface area contributed by atoms with Crippen LogP contribution in [0.4, 0.5) is 0 Å². The molecule has 0 N–H and O–H groups in total. The lowest BCUT2D eigenvalue weighted by Gasteiger charge is -2.39. The van der Waals surface area contributed by atoms with E-state index in [1.54, 1.807) is 0 Å². The molecule has 0 saturated carbocycles. The molecule has 0 heterocycles. The second-order valence-corrected chi connectivity index (χ2v) is 15.2. The number of hydrogen-bond acceptors (Lipinski definition) is 4. The fraction of sp³-hybridized carbons (Fsp3) is 1.00. The van der Waals surface area contributed by atoms with Gasteiger partial charge in [-0.05, 0) is 65.6 Å². The molecule has 0 aromatic carbocycles. The van der Waals surface area contributed by atoms with Gasteiger partial charge in [-0.3, -0.25) is 0 Å². The fourth-order valence-electron chi connectivity index (χ4n) is 5.60. The minimum Gasteiger partial charge on any atom is -0.370 e. The van der Waals surface area contributed by atoms with Crippen LogP contribution in [0, 0.1) is 0 Å². The third-order valence-corrected chi connectivity index (χ3v) is 11.4. The second kappa shape index (κ2) is 27.9. The highest BCUT2D eigenvalue weighted by molar-refractivity contribution is 6.60. The zero-order valence-electron chi connectivity index (χ0n) is 28.9. The first-order valence-electron chi connectivity index (χ1n) is 18.1. The summed E-state index contributed by atoms with van der Waals surface area (Å²) in [5.74, 6) is 0. The van der Waals surface area contributed by atoms with Crippen LogP contribution in [-0.2, 0) is 13.3 Å². The minimum atomic E-state index is -2.87. The van der Waals surface area contributed by atoms with E-state index in [2.05, 4.69) is 60.5 Å². The smallest absolute Gasteiger partial charge is 0.370 e. The van der Waals surface area contributed by atoms with E-state index in [1.165, 1.54) is 96.3 Å². The van der Waals surface area contributed by atoms with Crippen LogP contribution in [0.5, 0.6) is 0 Å². The highest BCUT2D eigenvalue weighted by atomic mass is 28.4. The van der Waals surface area contributed by atoms with Crippen molar-refractivity contribution < 1.29 is 13.3 Å². The quantitative estimate of drug-likeness (QED) is 0.0598. The van der Waals surface area contributed by atoms with Gasteiger partial charge in [0, 0.05) is 24.4 Å². The predicted octanol–water partition coefficient (Wildman–Crippen LogP) is 11.3. The molecule has 40 heavy (non-hydrogen) atoms. The van der Waals surface area contributed by atoms with Gasteiger partial charge in [0.1, 0.15) is 0 Å². The average molecular weight is 586 g/mol. The number of rotatable bonds is 31. The molecule has 4 nitrogen and oxygen atoms in total. The van der Waals surface area contributed by atoms with Crippen LogP contribution in [0.2, 0.25) is 6.04 Å². The van der Waals surface area contributed by atoms with Gasteiger partial charge in [-0.15, -0.1) is 0 Å². The van der Waals surface area contributed by atoms with Crippen LogP contribution in [0.25, 0.3) is 0 Å². The molecule has 0 spiro atoms. The third-order valence-electron chi connectivity index (χ3n) is 8.38. The summed E-state index contributed by atoms with van der Waals surface area (Å²) in [7, 11) is 1.48. The Morgan fingerprint density at radius 3 is 1.05 bits per heavy atom. The minimum absolute atomic E-state index is 0.247. The van der Waals surface area contributed by atoms with Gasteiger partial charge >= 0.3 is 8.80 Å². The summed E-state index contributed by atoms with van der Waals surface area (Å²) >= 11 is 0. The summed E-state index contributed by atoms with van der Waals surface area (Å²) in [5.41, 5.74) is 0. The van der Waals surface area contributed by atoms with Crippen molar-refractivity contribution >= 4 is 8.80 Å². The van der Waals surface area contributed by atoms with Crippen molar-refractivity contribution in [3.63, 3.8) is 0 Å². The normalized spacial score (nSPS) is 15.8. The molecule has 0 aliphatic carbocycles. The van der Waals surface area contributed by atoms with Crippen LogP contribution in [-0.4, -0.2) is 52.7 Å². The lowest BCUT2D eigenvalue weighted by molar-refractivity contribution is -0.0293. The van der Waals surface area contributed by atoms with Crippen molar-refractivity contribution in [2.75, 3.05) is 20.6 Å². The number of unbranched alkanes of at least 4 members (excludes halogenated alkanes) is 12. The summed E-state index contributed by atoms with van der Waals surface area (Å²) in [6.07, 6.45) is 28.0. The van der Waals surface area contributed by atoms with E-state index in [4.69, 9.17) is 13.3 Å². The van der Waals surface area contributed by atoms with Gasteiger partial charge in [-0.25, -0.2) is 0 Å². The molecule has 0 aliphatic heterocycles. The second-order valence-electron chi connectivity index (χ2n) is 12.6. The molecule has 0 fully saturated rings. The molecule has 242 valence electrons. The molecule has 0 radical (unpaired) electrons. The number of nitrogens with zero attached hydrogens (tertiary/aromatic N) is 1. The largest absolute Gasteiger partial charge is 0.501 e. The van der Waals surface area contributed by atoms with E-state index in [9.17, 15) is 0 Å². The maximum Gasteiger partial charge on any atom is 0.501 e. The van der Waals surface area contributed by atoms with Gasteiger partial charge in [-0.1, -0.05) is 138 Å². The standard InChI is InChI=1S/C35H75NO3Si/c1-9-15-18-21-24-28-33(12-4)37-40(32-27-31-36(7)8,38-34(13-5)29-25-22-19-16-10-2)39-35(14-6)30-26-23-20-17-11-3/h33-35H,9-32H2,1-8H3. The van der Waals surface area contributed by atoms with Gasteiger partial charge < -0.3 is 18.2 Å². The zero-order valence-corrected chi connectivity index (χ0v) is 29.9. The monoisotopic (exact) mass is 586 g/mol. The Bertz CT molecular complexity index is 459. The van der Waals surface area contributed by atoms with Crippen molar-refractivity contribution in [2.24, 2.45) is 0 Å². The summed E-state index contributed by atoms with van der Waals surface area (Å²) in [5, 5.41) is 0. The Kier molecular flexibility index (Phi) is 27.9. The lowest BCUT2D eigenvalue weighted by atomic mass is 10.1.